The Balaban J connectivity index is 2.71. The summed E-state index contributed by atoms with van der Waals surface area (Å²) < 4.78 is 37.6. The molecule has 0 fully saturated rings. The van der Waals surface area contributed by atoms with Crippen molar-refractivity contribution in [2.75, 3.05) is 12.4 Å². The first-order valence-electron chi connectivity index (χ1n) is 5.49. The van der Waals surface area contributed by atoms with Gasteiger partial charge < -0.3 is 10.8 Å². The molecule has 6 heteroatoms. The number of thioether (sulfide) groups is 1. The van der Waals surface area contributed by atoms with Crippen LogP contribution in [-0.2, 0) is 6.18 Å². The van der Waals surface area contributed by atoms with E-state index in [0.29, 0.717) is 11.3 Å². The molecule has 2 atom stereocenters. The van der Waals surface area contributed by atoms with Crippen LogP contribution in [0.1, 0.15) is 24.1 Å². The van der Waals surface area contributed by atoms with Gasteiger partial charge in [-0.1, -0.05) is 19.1 Å². The van der Waals surface area contributed by atoms with E-state index in [1.165, 1.54) is 17.8 Å². The van der Waals surface area contributed by atoms with Crippen molar-refractivity contribution in [3.63, 3.8) is 0 Å². The van der Waals surface area contributed by atoms with Crippen molar-refractivity contribution >= 4 is 11.8 Å². The average Bonchev–Trinajstić information content (AvgIpc) is 2.34. The Morgan fingerprint density at radius 1 is 1.39 bits per heavy atom. The molecular weight excluding hydrogens is 263 g/mol. The van der Waals surface area contributed by atoms with Crippen LogP contribution in [0.25, 0.3) is 0 Å². The predicted octanol–water partition coefficient (Wildman–Crippen LogP) is 2.82. The zero-order chi connectivity index (χ0) is 13.8. The number of aliphatic hydroxyl groups excluding tert-OH is 1. The summed E-state index contributed by atoms with van der Waals surface area (Å²) in [7, 11) is 0. The highest BCUT2D eigenvalue weighted by Gasteiger charge is 2.30. The van der Waals surface area contributed by atoms with Gasteiger partial charge in [0.15, 0.2) is 0 Å². The van der Waals surface area contributed by atoms with Gasteiger partial charge in [0.2, 0.25) is 0 Å². The van der Waals surface area contributed by atoms with Crippen LogP contribution in [0.15, 0.2) is 24.3 Å². The second-order valence-electron chi connectivity index (χ2n) is 4.06. The Morgan fingerprint density at radius 2 is 2.06 bits per heavy atom. The lowest BCUT2D eigenvalue weighted by Gasteiger charge is -2.16. The topological polar surface area (TPSA) is 46.2 Å². The third kappa shape index (κ3) is 4.51. The Hall–Kier alpha value is -0.720. The van der Waals surface area contributed by atoms with Crippen molar-refractivity contribution in [2.45, 2.75) is 24.4 Å². The smallest absolute Gasteiger partial charge is 0.395 e. The standard InChI is InChI=1S/C12H16F3NOS/c1-8(6-17)18-7-11(16)9-3-2-4-10(5-9)12(13,14)15/h2-5,8,11,17H,6-7,16H2,1H3. The number of rotatable bonds is 5. The Labute approximate surface area is 108 Å². The van der Waals surface area contributed by atoms with E-state index in [0.717, 1.165) is 12.1 Å². The molecule has 0 radical (unpaired) electrons. The highest BCUT2D eigenvalue weighted by atomic mass is 32.2. The number of alkyl halides is 3. The van der Waals surface area contributed by atoms with Crippen LogP contribution in [0, 0.1) is 0 Å². The van der Waals surface area contributed by atoms with E-state index in [1.54, 1.807) is 6.07 Å². The summed E-state index contributed by atoms with van der Waals surface area (Å²) in [4.78, 5) is 0. The van der Waals surface area contributed by atoms with Gasteiger partial charge in [0.05, 0.1) is 12.2 Å². The second-order valence-corrected chi connectivity index (χ2v) is 5.53. The van der Waals surface area contributed by atoms with Crippen LogP contribution in [0.4, 0.5) is 13.2 Å². The molecule has 0 saturated heterocycles. The third-order valence-electron chi connectivity index (χ3n) is 2.46. The number of hydrogen-bond donors (Lipinski definition) is 2. The lowest BCUT2D eigenvalue weighted by Crippen LogP contribution is -2.17. The maximum atomic E-state index is 12.5. The van der Waals surface area contributed by atoms with Gasteiger partial charge in [-0.3, -0.25) is 0 Å². The molecule has 0 aliphatic heterocycles. The molecule has 2 unspecified atom stereocenters. The normalized spacial score (nSPS) is 15.4. The first kappa shape index (κ1) is 15.3. The van der Waals surface area contributed by atoms with Gasteiger partial charge in [-0.25, -0.2) is 0 Å². The van der Waals surface area contributed by atoms with Crippen molar-refractivity contribution in [1.29, 1.82) is 0 Å². The van der Waals surface area contributed by atoms with Crippen LogP contribution in [-0.4, -0.2) is 22.7 Å². The molecule has 1 rings (SSSR count). The van der Waals surface area contributed by atoms with Crippen molar-refractivity contribution in [1.82, 2.24) is 0 Å². The first-order valence-corrected chi connectivity index (χ1v) is 6.54. The van der Waals surface area contributed by atoms with Gasteiger partial charge in [-0.05, 0) is 17.7 Å². The SMILES string of the molecule is CC(CO)SCC(N)c1cccc(C(F)(F)F)c1. The maximum absolute atomic E-state index is 12.5. The lowest BCUT2D eigenvalue weighted by atomic mass is 10.1. The molecule has 0 heterocycles. The van der Waals surface area contributed by atoms with Crippen LogP contribution in [0.5, 0.6) is 0 Å². The molecule has 102 valence electrons. The van der Waals surface area contributed by atoms with E-state index in [4.69, 9.17) is 10.8 Å². The molecule has 3 N–H and O–H groups in total. The quantitative estimate of drug-likeness (QED) is 0.871. The summed E-state index contributed by atoms with van der Waals surface area (Å²) in [6, 6.07) is 4.59. The highest BCUT2D eigenvalue weighted by Crippen LogP contribution is 2.31. The molecule has 0 aliphatic carbocycles. The predicted molar refractivity (Wildman–Crippen MR) is 67.4 cm³/mol. The van der Waals surface area contributed by atoms with Gasteiger partial charge in [-0.2, -0.15) is 24.9 Å². The number of nitrogens with two attached hydrogens (primary N) is 1. The molecule has 0 bridgehead atoms. The fourth-order valence-electron chi connectivity index (χ4n) is 1.36. The second kappa shape index (κ2) is 6.45. The summed E-state index contributed by atoms with van der Waals surface area (Å²) >= 11 is 1.44. The summed E-state index contributed by atoms with van der Waals surface area (Å²) in [5.41, 5.74) is 5.62. The first-order chi connectivity index (χ1) is 8.34. The Morgan fingerprint density at radius 3 is 2.61 bits per heavy atom. The minimum Gasteiger partial charge on any atom is -0.395 e. The monoisotopic (exact) mass is 279 g/mol. The minimum atomic E-state index is -4.35. The molecular formula is C12H16F3NOS. The van der Waals surface area contributed by atoms with E-state index in [-0.39, 0.29) is 11.9 Å². The lowest BCUT2D eigenvalue weighted by molar-refractivity contribution is -0.137. The van der Waals surface area contributed by atoms with Crippen molar-refractivity contribution < 1.29 is 18.3 Å². The van der Waals surface area contributed by atoms with Gasteiger partial charge >= 0.3 is 6.18 Å². The summed E-state index contributed by atoms with van der Waals surface area (Å²) in [6.07, 6.45) is -4.35. The van der Waals surface area contributed by atoms with E-state index >= 15 is 0 Å². The number of halogens is 3. The highest BCUT2D eigenvalue weighted by molar-refractivity contribution is 7.99. The third-order valence-corrected chi connectivity index (χ3v) is 3.73. The summed E-state index contributed by atoms with van der Waals surface area (Å²) in [6.45, 7) is 1.86. The molecule has 0 amide bonds. The summed E-state index contributed by atoms with van der Waals surface area (Å²) in [5, 5.41) is 8.89. The molecule has 2 nitrogen and oxygen atoms in total. The van der Waals surface area contributed by atoms with Crippen LogP contribution in [0.3, 0.4) is 0 Å². The molecule has 0 spiro atoms. The molecule has 0 saturated carbocycles. The molecule has 18 heavy (non-hydrogen) atoms. The van der Waals surface area contributed by atoms with Crippen molar-refractivity contribution in [3.8, 4) is 0 Å². The van der Waals surface area contributed by atoms with Gasteiger partial charge in [0.1, 0.15) is 0 Å². The number of benzene rings is 1. The zero-order valence-electron chi connectivity index (χ0n) is 9.95. The van der Waals surface area contributed by atoms with Crippen LogP contribution < -0.4 is 5.73 Å². The van der Waals surface area contributed by atoms with Crippen molar-refractivity contribution in [3.05, 3.63) is 35.4 Å². The fraction of sp³-hybridized carbons (Fsp3) is 0.500. The largest absolute Gasteiger partial charge is 0.416 e. The van der Waals surface area contributed by atoms with Gasteiger partial charge in [0, 0.05) is 17.0 Å². The van der Waals surface area contributed by atoms with Crippen LogP contribution >= 0.6 is 11.8 Å². The van der Waals surface area contributed by atoms with E-state index < -0.39 is 17.8 Å². The summed E-state index contributed by atoms with van der Waals surface area (Å²) in [5.74, 6) is 0.475. The fourth-order valence-corrected chi connectivity index (χ4v) is 2.20. The maximum Gasteiger partial charge on any atom is 0.416 e. The minimum absolute atomic E-state index is 0.0278. The van der Waals surface area contributed by atoms with Crippen molar-refractivity contribution in [2.24, 2.45) is 5.73 Å². The number of aliphatic hydroxyl groups is 1. The van der Waals surface area contributed by atoms with E-state index in [9.17, 15) is 13.2 Å². The molecule has 1 aromatic rings. The van der Waals surface area contributed by atoms with Gasteiger partial charge in [-0.15, -0.1) is 0 Å². The Bertz CT molecular complexity index is 384. The number of hydrogen-bond acceptors (Lipinski definition) is 3. The van der Waals surface area contributed by atoms with E-state index in [2.05, 4.69) is 0 Å². The zero-order valence-corrected chi connectivity index (χ0v) is 10.8. The van der Waals surface area contributed by atoms with Crippen LogP contribution in [0.2, 0.25) is 0 Å². The van der Waals surface area contributed by atoms with Gasteiger partial charge in [0.25, 0.3) is 0 Å². The van der Waals surface area contributed by atoms with E-state index in [1.807, 2.05) is 6.92 Å². The average molecular weight is 279 g/mol. The molecule has 1 aromatic carbocycles. The molecule has 0 aromatic heterocycles. The molecule has 0 aliphatic rings. The Kier molecular flexibility index (Phi) is 5.49.